The molecule has 5 nitrogen and oxygen atoms in total. The zero-order chi connectivity index (χ0) is 13.7. The normalized spacial score (nSPS) is 10.9. The van der Waals surface area contributed by atoms with Crippen molar-refractivity contribution in [1.29, 1.82) is 0 Å². The Bertz CT molecular complexity index is 481. The molecule has 6 heteroatoms. The van der Waals surface area contributed by atoms with Crippen LogP contribution >= 0.6 is 11.6 Å². The van der Waals surface area contributed by atoms with Gasteiger partial charge in [0.2, 0.25) is 0 Å². The number of carboxylic acids is 1. The minimum absolute atomic E-state index is 0.0122. The van der Waals surface area contributed by atoms with E-state index >= 15 is 0 Å². The van der Waals surface area contributed by atoms with E-state index in [1.807, 2.05) is 0 Å². The third-order valence-electron chi connectivity index (χ3n) is 2.13. The average molecular weight is 269 g/mol. The molecule has 0 aromatic heterocycles. The Balaban J connectivity index is 2.96. The number of halogens is 1. The Morgan fingerprint density at radius 1 is 1.28 bits per heavy atom. The molecule has 1 aromatic rings. The van der Waals surface area contributed by atoms with Crippen molar-refractivity contribution in [3.63, 3.8) is 0 Å². The quantitative estimate of drug-likeness (QED) is 0.824. The Kier molecular flexibility index (Phi) is 4.74. The number of carboxylic acid groups (broad SMARTS) is 1. The second-order valence-corrected chi connectivity index (χ2v) is 4.15. The van der Waals surface area contributed by atoms with Crippen molar-refractivity contribution in [2.75, 3.05) is 14.1 Å². The SMILES string of the molecule is CN(C)C(=O)N/C=C(\C(=O)O)c1ccc(Cl)cc1. The summed E-state index contributed by atoms with van der Waals surface area (Å²) in [6.45, 7) is 0. The van der Waals surface area contributed by atoms with Crippen LogP contribution in [0.4, 0.5) is 4.79 Å². The van der Waals surface area contributed by atoms with Crippen LogP contribution in [0.5, 0.6) is 0 Å². The van der Waals surface area contributed by atoms with Crippen LogP contribution in [0.3, 0.4) is 0 Å². The molecule has 2 amide bonds. The Hall–Kier alpha value is -2.01. The van der Waals surface area contributed by atoms with Crippen LogP contribution in [0, 0.1) is 0 Å². The van der Waals surface area contributed by atoms with Crippen molar-refractivity contribution >= 4 is 29.2 Å². The molecule has 0 atom stereocenters. The Morgan fingerprint density at radius 2 is 1.83 bits per heavy atom. The predicted molar refractivity (Wildman–Crippen MR) is 69.3 cm³/mol. The molecule has 0 saturated heterocycles. The van der Waals surface area contributed by atoms with Crippen molar-refractivity contribution < 1.29 is 14.7 Å². The minimum atomic E-state index is -1.13. The molecule has 0 radical (unpaired) electrons. The van der Waals surface area contributed by atoms with E-state index in [0.29, 0.717) is 10.6 Å². The number of hydrogen-bond donors (Lipinski definition) is 2. The first-order valence-corrected chi connectivity index (χ1v) is 5.47. The van der Waals surface area contributed by atoms with E-state index in [4.69, 9.17) is 16.7 Å². The van der Waals surface area contributed by atoms with Crippen LogP contribution in [0.1, 0.15) is 5.56 Å². The second-order valence-electron chi connectivity index (χ2n) is 3.71. The highest BCUT2D eigenvalue weighted by Gasteiger charge is 2.11. The average Bonchev–Trinajstić information content (AvgIpc) is 2.30. The molecule has 2 N–H and O–H groups in total. The maximum absolute atomic E-state index is 11.3. The van der Waals surface area contributed by atoms with Gasteiger partial charge in [-0.2, -0.15) is 0 Å². The highest BCUT2D eigenvalue weighted by Crippen LogP contribution is 2.17. The van der Waals surface area contributed by atoms with E-state index in [-0.39, 0.29) is 5.57 Å². The summed E-state index contributed by atoms with van der Waals surface area (Å²) < 4.78 is 0. The lowest BCUT2D eigenvalue weighted by Crippen LogP contribution is -2.31. The summed E-state index contributed by atoms with van der Waals surface area (Å²) in [7, 11) is 3.12. The molecule has 1 rings (SSSR count). The summed E-state index contributed by atoms with van der Waals surface area (Å²) in [4.78, 5) is 23.7. The Morgan fingerprint density at radius 3 is 2.28 bits per heavy atom. The zero-order valence-corrected chi connectivity index (χ0v) is 10.7. The zero-order valence-electron chi connectivity index (χ0n) is 9.98. The number of amides is 2. The van der Waals surface area contributed by atoms with Gasteiger partial charge in [0.15, 0.2) is 0 Å². The van der Waals surface area contributed by atoms with Crippen LogP contribution in [-0.2, 0) is 4.79 Å². The van der Waals surface area contributed by atoms with Gasteiger partial charge in [0, 0.05) is 25.3 Å². The van der Waals surface area contributed by atoms with E-state index in [2.05, 4.69) is 5.32 Å². The first kappa shape index (κ1) is 14.1. The molecule has 0 unspecified atom stereocenters. The van der Waals surface area contributed by atoms with Gasteiger partial charge in [0.25, 0.3) is 0 Å². The van der Waals surface area contributed by atoms with Crippen LogP contribution in [0.15, 0.2) is 30.5 Å². The molecular formula is C12H13ClN2O3. The largest absolute Gasteiger partial charge is 0.478 e. The van der Waals surface area contributed by atoms with E-state index < -0.39 is 12.0 Å². The van der Waals surface area contributed by atoms with Gasteiger partial charge in [-0.1, -0.05) is 23.7 Å². The van der Waals surface area contributed by atoms with E-state index in [1.54, 1.807) is 38.4 Å². The fourth-order valence-corrected chi connectivity index (χ4v) is 1.29. The van der Waals surface area contributed by atoms with Crippen LogP contribution in [0.2, 0.25) is 5.02 Å². The summed E-state index contributed by atoms with van der Waals surface area (Å²) in [6, 6.07) is 5.92. The minimum Gasteiger partial charge on any atom is -0.478 e. The smallest absolute Gasteiger partial charge is 0.337 e. The highest BCUT2D eigenvalue weighted by molar-refractivity contribution is 6.30. The summed E-state index contributed by atoms with van der Waals surface area (Å²) in [5.74, 6) is -1.13. The molecule has 18 heavy (non-hydrogen) atoms. The van der Waals surface area contributed by atoms with Gasteiger partial charge in [0.05, 0.1) is 5.57 Å². The maximum Gasteiger partial charge on any atom is 0.337 e. The van der Waals surface area contributed by atoms with Crippen molar-refractivity contribution in [3.05, 3.63) is 41.1 Å². The lowest BCUT2D eigenvalue weighted by atomic mass is 10.1. The number of hydrogen-bond acceptors (Lipinski definition) is 2. The van der Waals surface area contributed by atoms with Crippen molar-refractivity contribution in [1.82, 2.24) is 10.2 Å². The molecule has 0 fully saturated rings. The number of aliphatic carboxylic acids is 1. The van der Waals surface area contributed by atoms with Gasteiger partial charge in [-0.05, 0) is 17.7 Å². The van der Waals surface area contributed by atoms with E-state index in [0.717, 1.165) is 6.20 Å². The Labute approximate surface area is 110 Å². The van der Waals surface area contributed by atoms with Gasteiger partial charge in [0.1, 0.15) is 0 Å². The first-order chi connectivity index (χ1) is 8.41. The standard InChI is InChI=1S/C12H13ClN2O3/c1-15(2)12(18)14-7-10(11(16)17)8-3-5-9(13)6-4-8/h3-7H,1-2H3,(H,14,18)(H,16,17)/b10-7-. The van der Waals surface area contributed by atoms with Crippen LogP contribution < -0.4 is 5.32 Å². The number of carbonyl (C=O) groups is 2. The second kappa shape index (κ2) is 6.07. The summed E-state index contributed by atoms with van der Waals surface area (Å²) in [5.41, 5.74) is 0.452. The number of carbonyl (C=O) groups excluding carboxylic acids is 1. The third kappa shape index (κ3) is 3.78. The fraction of sp³-hybridized carbons (Fsp3) is 0.167. The maximum atomic E-state index is 11.3. The molecule has 0 aliphatic heterocycles. The van der Waals surface area contributed by atoms with Crippen molar-refractivity contribution in [2.45, 2.75) is 0 Å². The first-order valence-electron chi connectivity index (χ1n) is 5.09. The summed E-state index contributed by atoms with van der Waals surface area (Å²) in [6.07, 6.45) is 1.16. The molecule has 0 aliphatic rings. The molecular weight excluding hydrogens is 256 g/mol. The monoisotopic (exact) mass is 268 g/mol. The van der Waals surface area contributed by atoms with Crippen LogP contribution in [0.25, 0.3) is 5.57 Å². The fourth-order valence-electron chi connectivity index (χ4n) is 1.16. The lowest BCUT2D eigenvalue weighted by molar-refractivity contribution is -0.130. The van der Waals surface area contributed by atoms with Gasteiger partial charge in [-0.25, -0.2) is 9.59 Å². The van der Waals surface area contributed by atoms with E-state index in [9.17, 15) is 9.59 Å². The van der Waals surface area contributed by atoms with Gasteiger partial charge in [-0.3, -0.25) is 0 Å². The number of benzene rings is 1. The number of rotatable bonds is 3. The number of nitrogens with zero attached hydrogens (tertiary/aromatic N) is 1. The van der Waals surface area contributed by atoms with Gasteiger partial charge >= 0.3 is 12.0 Å². The number of nitrogens with one attached hydrogen (secondary N) is 1. The summed E-state index contributed by atoms with van der Waals surface area (Å²) >= 11 is 5.72. The molecule has 0 heterocycles. The van der Waals surface area contributed by atoms with Gasteiger partial charge in [-0.15, -0.1) is 0 Å². The highest BCUT2D eigenvalue weighted by atomic mass is 35.5. The molecule has 0 saturated carbocycles. The third-order valence-corrected chi connectivity index (χ3v) is 2.38. The van der Waals surface area contributed by atoms with E-state index in [1.165, 1.54) is 4.90 Å². The van der Waals surface area contributed by atoms with Crippen LogP contribution in [-0.4, -0.2) is 36.1 Å². The molecule has 0 spiro atoms. The molecule has 0 aliphatic carbocycles. The summed E-state index contributed by atoms with van der Waals surface area (Å²) in [5, 5.41) is 12.0. The lowest BCUT2D eigenvalue weighted by Gasteiger charge is -2.10. The van der Waals surface area contributed by atoms with Crippen molar-refractivity contribution in [3.8, 4) is 0 Å². The molecule has 0 bridgehead atoms. The topological polar surface area (TPSA) is 69.6 Å². The molecule has 96 valence electrons. The molecule has 1 aromatic carbocycles. The number of urea groups is 1. The predicted octanol–water partition coefficient (Wildman–Crippen LogP) is 2.04. The van der Waals surface area contributed by atoms with Gasteiger partial charge < -0.3 is 15.3 Å². The van der Waals surface area contributed by atoms with Crippen molar-refractivity contribution in [2.24, 2.45) is 0 Å².